The van der Waals surface area contributed by atoms with Crippen molar-refractivity contribution in [3.63, 3.8) is 0 Å². The molecule has 0 aliphatic heterocycles. The Morgan fingerprint density at radius 3 is 2.55 bits per heavy atom. The van der Waals surface area contributed by atoms with Crippen LogP contribution in [0, 0.1) is 0 Å². The fraction of sp³-hybridized carbons (Fsp3) is 0.0667. The first-order chi connectivity index (χ1) is 9.56. The van der Waals surface area contributed by atoms with Crippen molar-refractivity contribution in [3.8, 4) is 0 Å². The molecule has 2 aromatic carbocycles. The Bertz CT molecular complexity index is 655. The van der Waals surface area contributed by atoms with Crippen molar-refractivity contribution < 1.29 is 14.7 Å². The summed E-state index contributed by atoms with van der Waals surface area (Å²) < 4.78 is 0. The number of anilines is 1. The number of hydrogen-bond acceptors (Lipinski definition) is 2. The van der Waals surface area contributed by atoms with E-state index in [4.69, 9.17) is 16.7 Å². The maximum atomic E-state index is 12.1. The molecule has 0 aliphatic rings. The molecule has 5 heteroatoms. The first kappa shape index (κ1) is 14.1. The number of carboxylic acid groups (broad SMARTS) is 1. The van der Waals surface area contributed by atoms with Gasteiger partial charge in [-0.2, -0.15) is 0 Å². The van der Waals surface area contributed by atoms with E-state index in [0.717, 1.165) is 0 Å². The zero-order valence-corrected chi connectivity index (χ0v) is 11.2. The highest BCUT2D eigenvalue weighted by atomic mass is 35.5. The predicted molar refractivity (Wildman–Crippen MR) is 77.2 cm³/mol. The highest BCUT2D eigenvalue weighted by molar-refractivity contribution is 6.34. The predicted octanol–water partition coefficient (Wildman–Crippen LogP) is 3.22. The SMILES string of the molecule is O=C(O)Cc1cccc(NC(=O)c2ccccc2Cl)c1. The topological polar surface area (TPSA) is 66.4 Å². The number of carbonyl (C=O) groups excluding carboxylic acids is 1. The van der Waals surface area contributed by atoms with Crippen molar-refractivity contribution in [1.82, 2.24) is 0 Å². The second-order valence-corrected chi connectivity index (χ2v) is 4.61. The van der Waals surface area contributed by atoms with Crippen molar-refractivity contribution in [2.24, 2.45) is 0 Å². The molecule has 1 amide bonds. The molecule has 0 saturated heterocycles. The van der Waals surface area contributed by atoms with E-state index in [1.54, 1.807) is 48.5 Å². The van der Waals surface area contributed by atoms with E-state index in [-0.39, 0.29) is 12.3 Å². The van der Waals surface area contributed by atoms with Gasteiger partial charge in [-0.25, -0.2) is 0 Å². The van der Waals surface area contributed by atoms with Crippen molar-refractivity contribution in [1.29, 1.82) is 0 Å². The molecule has 0 saturated carbocycles. The lowest BCUT2D eigenvalue weighted by molar-refractivity contribution is -0.136. The summed E-state index contributed by atoms with van der Waals surface area (Å²) in [6, 6.07) is 13.4. The number of nitrogens with one attached hydrogen (secondary N) is 1. The molecular weight excluding hydrogens is 278 g/mol. The number of rotatable bonds is 4. The first-order valence-electron chi connectivity index (χ1n) is 5.93. The van der Waals surface area contributed by atoms with Gasteiger partial charge in [-0.05, 0) is 29.8 Å². The van der Waals surface area contributed by atoms with E-state index in [9.17, 15) is 9.59 Å². The molecule has 0 unspecified atom stereocenters. The average Bonchev–Trinajstić information content (AvgIpc) is 2.38. The minimum atomic E-state index is -0.917. The van der Waals surface area contributed by atoms with Crippen LogP contribution in [-0.2, 0) is 11.2 Å². The number of carbonyl (C=O) groups is 2. The minimum absolute atomic E-state index is 0.0875. The van der Waals surface area contributed by atoms with Crippen LogP contribution in [0.5, 0.6) is 0 Å². The molecule has 4 nitrogen and oxygen atoms in total. The number of benzene rings is 2. The van der Waals surface area contributed by atoms with Crippen LogP contribution in [0.4, 0.5) is 5.69 Å². The second kappa shape index (κ2) is 6.21. The van der Waals surface area contributed by atoms with Gasteiger partial charge in [-0.15, -0.1) is 0 Å². The summed E-state index contributed by atoms with van der Waals surface area (Å²) in [4.78, 5) is 22.7. The molecule has 2 rings (SSSR count). The van der Waals surface area contributed by atoms with E-state index in [1.165, 1.54) is 0 Å². The minimum Gasteiger partial charge on any atom is -0.481 e. The largest absolute Gasteiger partial charge is 0.481 e. The van der Waals surface area contributed by atoms with Crippen molar-refractivity contribution in [2.75, 3.05) is 5.32 Å². The lowest BCUT2D eigenvalue weighted by Crippen LogP contribution is -2.12. The standard InChI is InChI=1S/C15H12ClNO3/c16-13-7-2-1-6-12(13)15(20)17-11-5-3-4-10(8-11)9-14(18)19/h1-8H,9H2,(H,17,20)(H,18,19). The molecule has 0 radical (unpaired) electrons. The number of amides is 1. The van der Waals surface area contributed by atoms with E-state index < -0.39 is 5.97 Å². The normalized spacial score (nSPS) is 10.1. The maximum absolute atomic E-state index is 12.1. The Morgan fingerprint density at radius 1 is 1.10 bits per heavy atom. The second-order valence-electron chi connectivity index (χ2n) is 4.20. The van der Waals surface area contributed by atoms with E-state index >= 15 is 0 Å². The van der Waals surface area contributed by atoms with Gasteiger partial charge in [0.25, 0.3) is 5.91 Å². The van der Waals surface area contributed by atoms with Gasteiger partial charge < -0.3 is 10.4 Å². The highest BCUT2D eigenvalue weighted by Crippen LogP contribution is 2.18. The summed E-state index contributed by atoms with van der Waals surface area (Å²) in [5, 5.41) is 11.8. The summed E-state index contributed by atoms with van der Waals surface area (Å²) in [5.41, 5.74) is 1.53. The third kappa shape index (κ3) is 3.59. The Hall–Kier alpha value is -2.33. The molecule has 0 bridgehead atoms. The maximum Gasteiger partial charge on any atom is 0.307 e. The molecule has 2 aromatic rings. The molecule has 20 heavy (non-hydrogen) atoms. The molecule has 0 aliphatic carbocycles. The quantitative estimate of drug-likeness (QED) is 0.908. The third-order valence-corrected chi connectivity index (χ3v) is 2.99. The molecule has 0 heterocycles. The zero-order chi connectivity index (χ0) is 14.5. The number of carboxylic acids is 1. The lowest BCUT2D eigenvalue weighted by Gasteiger charge is -2.07. The van der Waals surface area contributed by atoms with Gasteiger partial charge in [0.15, 0.2) is 0 Å². The molecule has 0 fully saturated rings. The Kier molecular flexibility index (Phi) is 4.38. The van der Waals surface area contributed by atoms with Crippen LogP contribution in [0.15, 0.2) is 48.5 Å². The van der Waals surface area contributed by atoms with Crippen LogP contribution >= 0.6 is 11.6 Å². The smallest absolute Gasteiger partial charge is 0.307 e. The molecule has 0 spiro atoms. The fourth-order valence-electron chi connectivity index (χ4n) is 1.78. The fourth-order valence-corrected chi connectivity index (χ4v) is 2.00. The summed E-state index contributed by atoms with van der Waals surface area (Å²) in [6.45, 7) is 0. The van der Waals surface area contributed by atoms with E-state index in [2.05, 4.69) is 5.32 Å². The van der Waals surface area contributed by atoms with Crippen LogP contribution < -0.4 is 5.32 Å². The molecular formula is C15H12ClNO3. The molecule has 102 valence electrons. The number of hydrogen-bond donors (Lipinski definition) is 2. The van der Waals surface area contributed by atoms with Crippen molar-refractivity contribution in [3.05, 3.63) is 64.7 Å². The van der Waals surface area contributed by atoms with Crippen molar-refractivity contribution >= 4 is 29.2 Å². The van der Waals surface area contributed by atoms with Crippen LogP contribution in [0.3, 0.4) is 0 Å². The first-order valence-corrected chi connectivity index (χ1v) is 6.30. The zero-order valence-electron chi connectivity index (χ0n) is 10.5. The van der Waals surface area contributed by atoms with Crippen LogP contribution in [0.2, 0.25) is 5.02 Å². The van der Waals surface area contributed by atoms with Gasteiger partial charge in [0.1, 0.15) is 0 Å². The monoisotopic (exact) mass is 289 g/mol. The van der Waals surface area contributed by atoms with Gasteiger partial charge in [0.2, 0.25) is 0 Å². The van der Waals surface area contributed by atoms with Gasteiger partial charge in [0.05, 0.1) is 17.0 Å². The van der Waals surface area contributed by atoms with Gasteiger partial charge in [-0.1, -0.05) is 35.9 Å². The van der Waals surface area contributed by atoms with Crippen molar-refractivity contribution in [2.45, 2.75) is 6.42 Å². The van der Waals surface area contributed by atoms with Gasteiger partial charge >= 0.3 is 5.97 Å². The van der Waals surface area contributed by atoms with Crippen LogP contribution in [0.1, 0.15) is 15.9 Å². The average molecular weight is 290 g/mol. The number of halogens is 1. The van der Waals surface area contributed by atoms with Gasteiger partial charge in [0, 0.05) is 5.69 Å². The lowest BCUT2D eigenvalue weighted by atomic mass is 10.1. The van der Waals surface area contributed by atoms with Crippen LogP contribution in [-0.4, -0.2) is 17.0 Å². The Balaban J connectivity index is 2.16. The van der Waals surface area contributed by atoms with Gasteiger partial charge in [-0.3, -0.25) is 9.59 Å². The van der Waals surface area contributed by atoms with E-state index in [0.29, 0.717) is 21.8 Å². The Labute approximate surface area is 121 Å². The van der Waals surface area contributed by atoms with Crippen LogP contribution in [0.25, 0.3) is 0 Å². The summed E-state index contributed by atoms with van der Waals surface area (Å²) >= 11 is 5.95. The summed E-state index contributed by atoms with van der Waals surface area (Å²) in [7, 11) is 0. The molecule has 2 N–H and O–H groups in total. The Morgan fingerprint density at radius 2 is 1.85 bits per heavy atom. The third-order valence-electron chi connectivity index (χ3n) is 2.66. The molecule has 0 aromatic heterocycles. The summed E-state index contributed by atoms with van der Waals surface area (Å²) in [5.74, 6) is -1.25. The van der Waals surface area contributed by atoms with E-state index in [1.807, 2.05) is 0 Å². The molecule has 0 atom stereocenters. The summed E-state index contributed by atoms with van der Waals surface area (Å²) in [6.07, 6.45) is -0.0875. The highest BCUT2D eigenvalue weighted by Gasteiger charge is 2.10. The number of aliphatic carboxylic acids is 1.